The van der Waals surface area contributed by atoms with E-state index in [0.29, 0.717) is 62.2 Å². The predicted octanol–water partition coefficient (Wildman–Crippen LogP) is 3.94. The van der Waals surface area contributed by atoms with Gasteiger partial charge in [-0.15, -0.1) is 0 Å². The minimum atomic E-state index is -0.503. The Morgan fingerprint density at radius 1 is 0.676 bits per heavy atom. The van der Waals surface area contributed by atoms with Gasteiger partial charge in [0.1, 0.15) is 13.2 Å². The molecular formula is C24H32Cl2N2O8Pt. The van der Waals surface area contributed by atoms with Gasteiger partial charge in [-0.05, 0) is 38.1 Å². The molecule has 37 heavy (non-hydrogen) atoms. The molecule has 10 nitrogen and oxygen atoms in total. The van der Waals surface area contributed by atoms with E-state index < -0.39 is 28.4 Å². The molecule has 0 saturated carbocycles. The molecule has 0 atom stereocenters. The first kappa shape index (κ1) is 33.4. The van der Waals surface area contributed by atoms with Crippen LogP contribution in [0.4, 0.5) is 0 Å². The Labute approximate surface area is 233 Å². The van der Waals surface area contributed by atoms with Crippen molar-refractivity contribution >= 4 is 30.8 Å². The van der Waals surface area contributed by atoms with E-state index in [1.54, 1.807) is 24.3 Å². The second-order valence-electron chi connectivity index (χ2n) is 6.80. The summed E-state index contributed by atoms with van der Waals surface area (Å²) >= 11 is -0.472. The van der Waals surface area contributed by atoms with E-state index in [1.165, 1.54) is 12.4 Å². The molecule has 2 aromatic heterocycles. The van der Waals surface area contributed by atoms with Crippen molar-refractivity contribution in [2.75, 3.05) is 66.1 Å². The molecule has 0 fully saturated rings. The quantitative estimate of drug-likeness (QED) is 0.175. The molecule has 0 N–H and O–H groups in total. The van der Waals surface area contributed by atoms with Crippen molar-refractivity contribution in [2.24, 2.45) is 0 Å². The second-order valence-corrected chi connectivity index (χ2v) is 10.1. The average molecular weight is 743 g/mol. The topological polar surface area (TPSA) is 115 Å². The van der Waals surface area contributed by atoms with E-state index >= 15 is 0 Å². The van der Waals surface area contributed by atoms with Crippen molar-refractivity contribution < 1.29 is 54.5 Å². The van der Waals surface area contributed by atoms with Crippen LogP contribution in [0, 0.1) is 0 Å². The van der Waals surface area contributed by atoms with Crippen molar-refractivity contribution in [1.82, 2.24) is 9.97 Å². The summed E-state index contributed by atoms with van der Waals surface area (Å²) in [7, 11) is 9.75. The van der Waals surface area contributed by atoms with E-state index in [1.807, 2.05) is 13.8 Å². The Hall–Kier alpha value is -1.65. The van der Waals surface area contributed by atoms with Gasteiger partial charge in [-0.1, -0.05) is 0 Å². The molecule has 0 aliphatic carbocycles. The summed E-state index contributed by atoms with van der Waals surface area (Å²) in [6.07, 6.45) is 2.97. The number of nitrogens with zero attached hydrogens (tertiary/aromatic N) is 2. The van der Waals surface area contributed by atoms with E-state index in [-0.39, 0.29) is 26.4 Å². The molecule has 2 aromatic rings. The molecule has 0 spiro atoms. The fourth-order valence-corrected chi connectivity index (χ4v) is 2.68. The Morgan fingerprint density at radius 2 is 1.03 bits per heavy atom. The van der Waals surface area contributed by atoms with Gasteiger partial charge in [-0.3, -0.25) is 9.97 Å². The molecule has 2 rings (SSSR count). The number of esters is 2. The van der Waals surface area contributed by atoms with Gasteiger partial charge in [0.25, 0.3) is 0 Å². The normalized spacial score (nSPS) is 10.5. The van der Waals surface area contributed by atoms with Crippen LogP contribution in [0.25, 0.3) is 11.4 Å². The van der Waals surface area contributed by atoms with E-state index in [4.69, 9.17) is 47.3 Å². The Kier molecular flexibility index (Phi) is 20.2. The van der Waals surface area contributed by atoms with Crippen LogP contribution in [-0.2, 0) is 44.9 Å². The van der Waals surface area contributed by atoms with Crippen LogP contribution in [0.15, 0.2) is 36.7 Å². The molecule has 0 amide bonds. The van der Waals surface area contributed by atoms with E-state index in [9.17, 15) is 9.59 Å². The van der Waals surface area contributed by atoms with Crippen molar-refractivity contribution in [1.29, 1.82) is 0 Å². The fourth-order valence-electron chi connectivity index (χ4n) is 2.68. The van der Waals surface area contributed by atoms with Gasteiger partial charge in [-0.25, -0.2) is 9.59 Å². The fraction of sp³-hybridized carbons (Fsp3) is 0.500. The van der Waals surface area contributed by atoms with Gasteiger partial charge < -0.3 is 28.4 Å². The molecule has 0 aliphatic heterocycles. The third kappa shape index (κ3) is 15.4. The predicted molar refractivity (Wildman–Crippen MR) is 134 cm³/mol. The second kappa shape index (κ2) is 22.3. The van der Waals surface area contributed by atoms with Gasteiger partial charge in [-0.2, -0.15) is 0 Å². The molecule has 210 valence electrons. The standard InChI is InChI=1S/C24H32N2O8.2ClH.Pt/c1-3-29-9-11-31-13-15-33-23(27)19-5-7-25-21(17-19)22-18-20(6-8-26-22)24(28)34-16-14-32-12-10-30-4-2;;;/h5-8,17-18H,3-4,9-16H2,1-2H3;2*1H;/q;;;+2/p-2. The summed E-state index contributed by atoms with van der Waals surface area (Å²) in [6, 6.07) is 6.21. The van der Waals surface area contributed by atoms with Crippen molar-refractivity contribution in [3.8, 4) is 11.4 Å². The number of rotatable bonds is 17. The van der Waals surface area contributed by atoms with Crippen LogP contribution in [0.1, 0.15) is 34.6 Å². The minimum absolute atomic E-state index is 0.123. The van der Waals surface area contributed by atoms with Gasteiger partial charge in [0.05, 0.1) is 62.2 Å². The van der Waals surface area contributed by atoms with E-state index in [2.05, 4.69) is 9.97 Å². The molecular weight excluding hydrogens is 710 g/mol. The number of carbonyl (C=O) groups excluding carboxylic acids is 2. The molecule has 13 heteroatoms. The van der Waals surface area contributed by atoms with Crippen LogP contribution in [0.5, 0.6) is 0 Å². The third-order valence-corrected chi connectivity index (χ3v) is 4.33. The molecule has 0 aliphatic rings. The van der Waals surface area contributed by atoms with Crippen LogP contribution < -0.4 is 0 Å². The number of pyridine rings is 2. The van der Waals surface area contributed by atoms with Crippen LogP contribution >= 0.6 is 18.8 Å². The molecule has 0 saturated heterocycles. The Balaban J connectivity index is 0.00000217. The van der Waals surface area contributed by atoms with Gasteiger partial charge in [0, 0.05) is 25.6 Å². The monoisotopic (exact) mass is 741 g/mol. The zero-order chi connectivity index (χ0) is 27.1. The summed E-state index contributed by atoms with van der Waals surface area (Å²) in [5.74, 6) is -1.01. The molecule has 0 bridgehead atoms. The first-order valence-electron chi connectivity index (χ1n) is 11.5. The molecule has 0 unspecified atom stereocenters. The summed E-state index contributed by atoms with van der Waals surface area (Å²) in [5.41, 5.74) is 1.49. The van der Waals surface area contributed by atoms with Crippen LogP contribution in [0.2, 0.25) is 0 Å². The van der Waals surface area contributed by atoms with Gasteiger partial charge in [0.2, 0.25) is 0 Å². The Morgan fingerprint density at radius 3 is 1.41 bits per heavy atom. The van der Waals surface area contributed by atoms with Crippen LogP contribution in [0.3, 0.4) is 0 Å². The number of aromatic nitrogens is 2. The van der Waals surface area contributed by atoms with Crippen LogP contribution in [-0.4, -0.2) is 88.0 Å². The van der Waals surface area contributed by atoms with Crippen molar-refractivity contribution in [2.45, 2.75) is 13.8 Å². The summed E-state index contributed by atoms with van der Waals surface area (Å²) in [5, 5.41) is 0. The molecule has 0 aromatic carbocycles. The summed E-state index contributed by atoms with van der Waals surface area (Å²) in [4.78, 5) is 33.1. The third-order valence-electron chi connectivity index (χ3n) is 4.33. The van der Waals surface area contributed by atoms with Crippen molar-refractivity contribution in [3.63, 3.8) is 0 Å². The summed E-state index contributed by atoms with van der Waals surface area (Å²) < 4.78 is 31.4. The molecule has 2 heterocycles. The Bertz CT molecular complexity index is 839. The zero-order valence-corrected chi connectivity index (χ0v) is 24.6. The average Bonchev–Trinajstić information content (AvgIpc) is 2.92. The number of hydrogen-bond acceptors (Lipinski definition) is 10. The first-order valence-corrected chi connectivity index (χ1v) is 17.1. The number of carbonyl (C=O) groups is 2. The maximum atomic E-state index is 12.3. The SMILES string of the molecule is CCOCCOCCOC(=O)c1ccnc(-c2cc(C(=O)OCCOCCOCC)ccn2)c1.[Cl][Pt][Cl]. The number of halogens is 2. The van der Waals surface area contributed by atoms with Gasteiger partial charge >= 0.3 is 47.3 Å². The number of ether oxygens (including phenoxy) is 6. The zero-order valence-electron chi connectivity index (χ0n) is 20.8. The summed E-state index contributed by atoms with van der Waals surface area (Å²) in [6.45, 7) is 7.76. The first-order chi connectivity index (χ1) is 18.1. The van der Waals surface area contributed by atoms with Crippen molar-refractivity contribution in [3.05, 3.63) is 47.8 Å². The van der Waals surface area contributed by atoms with Gasteiger partial charge in [0.15, 0.2) is 0 Å². The molecule has 0 radical (unpaired) electrons. The number of hydrogen-bond donors (Lipinski definition) is 0. The maximum absolute atomic E-state index is 12.3. The van der Waals surface area contributed by atoms with E-state index in [0.717, 1.165) is 0 Å².